The van der Waals surface area contributed by atoms with Gasteiger partial charge in [0.05, 0.1) is 7.11 Å². The number of amides is 1. The molecule has 0 spiro atoms. The Labute approximate surface area is 146 Å². The molecule has 0 bridgehead atoms. The summed E-state index contributed by atoms with van der Waals surface area (Å²) < 4.78 is 4.71. The van der Waals surface area contributed by atoms with Crippen molar-refractivity contribution >= 4 is 29.3 Å². The summed E-state index contributed by atoms with van der Waals surface area (Å²) >= 11 is 1.61. The lowest BCUT2D eigenvalue weighted by Crippen LogP contribution is -2.44. The standard InChI is InChI=1S/C19H21NO3S/c1-13(2)18(19(22)23-3)20-17(21)12-10-15-9-11-16(24-15)14-7-5-4-6-8-14/h4-13,18H,1-3H3,(H,20,21)/b12-10+/t18-/m0/s1. The Kier molecular flexibility index (Phi) is 6.32. The van der Waals surface area contributed by atoms with Crippen molar-refractivity contribution in [2.45, 2.75) is 19.9 Å². The molecule has 0 saturated carbocycles. The summed E-state index contributed by atoms with van der Waals surface area (Å²) in [7, 11) is 1.32. The van der Waals surface area contributed by atoms with E-state index in [1.165, 1.54) is 13.2 Å². The molecule has 1 aromatic carbocycles. The molecule has 5 heteroatoms. The van der Waals surface area contributed by atoms with Gasteiger partial charge in [-0.2, -0.15) is 0 Å². The molecule has 0 fully saturated rings. The minimum Gasteiger partial charge on any atom is -0.467 e. The largest absolute Gasteiger partial charge is 0.467 e. The lowest BCUT2D eigenvalue weighted by molar-refractivity contribution is -0.145. The van der Waals surface area contributed by atoms with Crippen LogP contribution in [0.4, 0.5) is 0 Å². The summed E-state index contributed by atoms with van der Waals surface area (Å²) in [4.78, 5) is 25.8. The number of hydrogen-bond acceptors (Lipinski definition) is 4. The number of nitrogens with one attached hydrogen (secondary N) is 1. The summed E-state index contributed by atoms with van der Waals surface area (Å²) in [5.74, 6) is -0.788. The smallest absolute Gasteiger partial charge is 0.328 e. The summed E-state index contributed by atoms with van der Waals surface area (Å²) in [5, 5.41) is 2.68. The molecule has 0 aliphatic heterocycles. The SMILES string of the molecule is COC(=O)[C@@H](NC(=O)/C=C/c1ccc(-c2ccccc2)s1)C(C)C. The van der Waals surface area contributed by atoms with Crippen molar-refractivity contribution in [1.29, 1.82) is 0 Å². The van der Waals surface area contributed by atoms with Crippen LogP contribution < -0.4 is 5.32 Å². The van der Waals surface area contributed by atoms with E-state index in [1.807, 2.05) is 44.2 Å². The highest BCUT2D eigenvalue weighted by Gasteiger charge is 2.23. The molecule has 0 radical (unpaired) electrons. The van der Waals surface area contributed by atoms with E-state index in [2.05, 4.69) is 17.4 Å². The molecule has 0 aliphatic rings. The third kappa shape index (κ3) is 4.80. The molecule has 126 valence electrons. The van der Waals surface area contributed by atoms with E-state index in [0.717, 1.165) is 15.3 Å². The Morgan fingerprint density at radius 2 is 1.83 bits per heavy atom. The lowest BCUT2D eigenvalue weighted by Gasteiger charge is -2.18. The van der Waals surface area contributed by atoms with Crippen LogP contribution in [0.2, 0.25) is 0 Å². The zero-order valence-electron chi connectivity index (χ0n) is 14.0. The van der Waals surface area contributed by atoms with Gasteiger partial charge in [-0.1, -0.05) is 44.2 Å². The van der Waals surface area contributed by atoms with Crippen LogP contribution in [0.5, 0.6) is 0 Å². The van der Waals surface area contributed by atoms with Crippen molar-refractivity contribution in [2.75, 3.05) is 7.11 Å². The predicted molar refractivity (Wildman–Crippen MR) is 97.6 cm³/mol. The zero-order valence-corrected chi connectivity index (χ0v) is 14.8. The number of thiophene rings is 1. The van der Waals surface area contributed by atoms with Gasteiger partial charge in [0.25, 0.3) is 0 Å². The second-order valence-electron chi connectivity index (χ2n) is 5.65. The molecule has 1 amide bonds. The third-order valence-corrected chi connectivity index (χ3v) is 4.60. The minimum absolute atomic E-state index is 0.0405. The van der Waals surface area contributed by atoms with Crippen molar-refractivity contribution < 1.29 is 14.3 Å². The van der Waals surface area contributed by atoms with Crippen molar-refractivity contribution in [3.8, 4) is 10.4 Å². The number of ether oxygens (including phenoxy) is 1. The second kappa shape index (κ2) is 8.45. The first-order valence-corrected chi connectivity index (χ1v) is 8.54. The van der Waals surface area contributed by atoms with E-state index < -0.39 is 12.0 Å². The fourth-order valence-electron chi connectivity index (χ4n) is 2.18. The Hall–Kier alpha value is -2.40. The van der Waals surface area contributed by atoms with Gasteiger partial charge in [0, 0.05) is 15.8 Å². The van der Waals surface area contributed by atoms with Crippen LogP contribution in [0.3, 0.4) is 0 Å². The lowest BCUT2D eigenvalue weighted by atomic mass is 10.0. The molecule has 0 saturated heterocycles. The number of carbonyl (C=O) groups is 2. The molecule has 2 rings (SSSR count). The molecule has 0 aliphatic carbocycles. The van der Waals surface area contributed by atoms with E-state index in [4.69, 9.17) is 4.74 Å². The van der Waals surface area contributed by atoms with Crippen molar-refractivity contribution in [3.05, 3.63) is 53.4 Å². The van der Waals surface area contributed by atoms with Crippen LogP contribution >= 0.6 is 11.3 Å². The molecule has 0 unspecified atom stereocenters. The molecule has 1 N–H and O–H groups in total. The number of methoxy groups -OCH3 is 1. The van der Waals surface area contributed by atoms with Gasteiger partial charge >= 0.3 is 5.97 Å². The Balaban J connectivity index is 2.01. The molecule has 4 nitrogen and oxygen atoms in total. The molecule has 2 aromatic rings. The maximum atomic E-state index is 12.0. The monoisotopic (exact) mass is 343 g/mol. The highest BCUT2D eigenvalue weighted by molar-refractivity contribution is 7.16. The van der Waals surface area contributed by atoms with Gasteiger partial charge in [0.2, 0.25) is 5.91 Å². The molecule has 1 heterocycles. The van der Waals surface area contributed by atoms with E-state index in [-0.39, 0.29) is 11.8 Å². The van der Waals surface area contributed by atoms with Crippen LogP contribution in [0, 0.1) is 5.92 Å². The van der Waals surface area contributed by atoms with E-state index in [1.54, 1.807) is 17.4 Å². The normalized spacial score (nSPS) is 12.3. The fraction of sp³-hybridized carbons (Fsp3) is 0.263. The van der Waals surface area contributed by atoms with Gasteiger partial charge in [-0.25, -0.2) is 4.79 Å². The topological polar surface area (TPSA) is 55.4 Å². The van der Waals surface area contributed by atoms with Crippen LogP contribution in [-0.2, 0) is 14.3 Å². The molecular weight excluding hydrogens is 322 g/mol. The number of benzene rings is 1. The highest BCUT2D eigenvalue weighted by atomic mass is 32.1. The van der Waals surface area contributed by atoms with Crippen LogP contribution in [0.1, 0.15) is 18.7 Å². The first-order valence-electron chi connectivity index (χ1n) is 7.73. The maximum absolute atomic E-state index is 12.0. The number of hydrogen-bond donors (Lipinski definition) is 1. The van der Waals surface area contributed by atoms with Crippen molar-refractivity contribution in [2.24, 2.45) is 5.92 Å². The van der Waals surface area contributed by atoms with Crippen LogP contribution in [0.25, 0.3) is 16.5 Å². The van der Waals surface area contributed by atoms with Crippen LogP contribution in [0.15, 0.2) is 48.5 Å². The third-order valence-electron chi connectivity index (χ3n) is 3.50. The summed E-state index contributed by atoms with van der Waals surface area (Å²) in [6, 6.07) is 13.4. The number of rotatable bonds is 6. The second-order valence-corrected chi connectivity index (χ2v) is 6.77. The average Bonchev–Trinajstić information content (AvgIpc) is 3.06. The van der Waals surface area contributed by atoms with Crippen molar-refractivity contribution in [1.82, 2.24) is 5.32 Å². The van der Waals surface area contributed by atoms with E-state index in [0.29, 0.717) is 0 Å². The van der Waals surface area contributed by atoms with Gasteiger partial charge in [-0.15, -0.1) is 11.3 Å². The molecule has 1 aromatic heterocycles. The summed E-state index contributed by atoms with van der Waals surface area (Å²) in [6.07, 6.45) is 3.19. The minimum atomic E-state index is -0.643. The summed E-state index contributed by atoms with van der Waals surface area (Å²) in [6.45, 7) is 3.72. The quantitative estimate of drug-likeness (QED) is 0.642. The van der Waals surface area contributed by atoms with Gasteiger partial charge in [0.1, 0.15) is 6.04 Å². The molecule has 24 heavy (non-hydrogen) atoms. The molecule has 1 atom stereocenters. The first kappa shape index (κ1) is 17.9. The predicted octanol–water partition coefficient (Wildman–Crippen LogP) is 3.74. The van der Waals surface area contributed by atoms with Crippen molar-refractivity contribution in [3.63, 3.8) is 0 Å². The Morgan fingerprint density at radius 1 is 1.12 bits per heavy atom. The van der Waals surface area contributed by atoms with Crippen LogP contribution in [-0.4, -0.2) is 25.0 Å². The van der Waals surface area contributed by atoms with Gasteiger partial charge in [-0.05, 0) is 29.7 Å². The zero-order chi connectivity index (χ0) is 17.5. The average molecular weight is 343 g/mol. The maximum Gasteiger partial charge on any atom is 0.328 e. The van der Waals surface area contributed by atoms with Gasteiger partial charge < -0.3 is 10.1 Å². The first-order chi connectivity index (χ1) is 11.5. The molecular formula is C19H21NO3S. The highest BCUT2D eigenvalue weighted by Crippen LogP contribution is 2.28. The Bertz CT molecular complexity index is 719. The number of esters is 1. The van der Waals surface area contributed by atoms with Gasteiger partial charge in [0.15, 0.2) is 0 Å². The number of carbonyl (C=O) groups excluding carboxylic acids is 2. The Morgan fingerprint density at radius 3 is 2.46 bits per heavy atom. The van der Waals surface area contributed by atoms with E-state index in [9.17, 15) is 9.59 Å². The van der Waals surface area contributed by atoms with Gasteiger partial charge in [-0.3, -0.25) is 4.79 Å². The fourth-order valence-corrected chi connectivity index (χ4v) is 3.10. The summed E-state index contributed by atoms with van der Waals surface area (Å²) in [5.41, 5.74) is 1.15. The van der Waals surface area contributed by atoms with E-state index >= 15 is 0 Å².